The zero-order valence-electron chi connectivity index (χ0n) is 17.4. The molecule has 1 heterocycles. The summed E-state index contributed by atoms with van der Waals surface area (Å²) in [6.07, 6.45) is 4.01. The molecule has 4 rings (SSSR count). The zero-order valence-corrected chi connectivity index (χ0v) is 17.4. The van der Waals surface area contributed by atoms with Crippen molar-refractivity contribution in [1.29, 1.82) is 0 Å². The Morgan fingerprint density at radius 1 is 1.06 bits per heavy atom. The third kappa shape index (κ3) is 5.20. The smallest absolute Gasteiger partial charge is 0.265 e. The van der Waals surface area contributed by atoms with Gasteiger partial charge >= 0.3 is 0 Å². The number of aryl methyl sites for hydroxylation is 1. The van der Waals surface area contributed by atoms with Crippen LogP contribution >= 0.6 is 0 Å². The van der Waals surface area contributed by atoms with Crippen LogP contribution in [0.1, 0.15) is 16.7 Å². The van der Waals surface area contributed by atoms with Crippen LogP contribution < -0.4 is 15.0 Å². The molecule has 5 nitrogen and oxygen atoms in total. The van der Waals surface area contributed by atoms with E-state index >= 15 is 0 Å². The van der Waals surface area contributed by atoms with Gasteiger partial charge in [0.1, 0.15) is 5.75 Å². The molecule has 0 radical (unpaired) electrons. The van der Waals surface area contributed by atoms with E-state index in [-0.39, 0.29) is 18.4 Å². The third-order valence-electron chi connectivity index (χ3n) is 5.14. The highest BCUT2D eigenvalue weighted by Crippen LogP contribution is 2.34. The Morgan fingerprint density at radius 2 is 1.84 bits per heavy atom. The van der Waals surface area contributed by atoms with Crippen molar-refractivity contribution in [3.8, 4) is 5.75 Å². The molecule has 5 heteroatoms. The van der Waals surface area contributed by atoms with Crippen LogP contribution in [0.15, 0.2) is 78.9 Å². The first kappa shape index (κ1) is 20.4. The van der Waals surface area contributed by atoms with E-state index in [1.54, 1.807) is 29.2 Å². The van der Waals surface area contributed by atoms with Crippen LogP contribution in [0.5, 0.6) is 5.75 Å². The fraction of sp³-hybridized carbons (Fsp3) is 0.154. The van der Waals surface area contributed by atoms with Gasteiger partial charge in [-0.25, -0.2) is 0 Å². The van der Waals surface area contributed by atoms with Crippen molar-refractivity contribution < 1.29 is 14.3 Å². The number of amides is 2. The fourth-order valence-electron chi connectivity index (χ4n) is 3.44. The van der Waals surface area contributed by atoms with Gasteiger partial charge in [-0.05, 0) is 48.7 Å². The van der Waals surface area contributed by atoms with Crippen molar-refractivity contribution in [2.45, 2.75) is 13.3 Å². The van der Waals surface area contributed by atoms with Crippen LogP contribution in [-0.4, -0.2) is 25.0 Å². The van der Waals surface area contributed by atoms with Gasteiger partial charge in [0, 0.05) is 18.3 Å². The fourth-order valence-corrected chi connectivity index (χ4v) is 3.44. The molecule has 1 N–H and O–H groups in total. The van der Waals surface area contributed by atoms with Gasteiger partial charge in [0.15, 0.2) is 6.61 Å². The van der Waals surface area contributed by atoms with E-state index in [1.807, 2.05) is 61.5 Å². The Labute approximate surface area is 182 Å². The van der Waals surface area contributed by atoms with Crippen LogP contribution in [0.25, 0.3) is 6.08 Å². The average molecular weight is 412 g/mol. The molecular weight excluding hydrogens is 388 g/mol. The van der Waals surface area contributed by atoms with Gasteiger partial charge < -0.3 is 15.0 Å². The summed E-state index contributed by atoms with van der Waals surface area (Å²) in [6, 6.07) is 23.3. The summed E-state index contributed by atoms with van der Waals surface area (Å²) in [5.74, 6) is 0.312. The first-order valence-electron chi connectivity index (χ1n) is 10.3. The standard InChI is InChI=1S/C26H24N2O3/c1-19-7-9-21(10-8-19)11-14-25(29)27-22-12-13-24-23(17-22)28(26(30)18-31-24)16-15-20-5-3-2-4-6-20/h2-14,17H,15-16,18H2,1H3,(H,27,29)/b14-11+. The maximum absolute atomic E-state index is 12.5. The van der Waals surface area contributed by atoms with Gasteiger partial charge in [-0.3, -0.25) is 9.59 Å². The molecule has 1 aliphatic rings. The minimum atomic E-state index is -0.237. The lowest BCUT2D eigenvalue weighted by Crippen LogP contribution is -2.40. The molecule has 0 saturated heterocycles. The Hall–Kier alpha value is -3.86. The van der Waals surface area contributed by atoms with Crippen molar-refractivity contribution in [1.82, 2.24) is 0 Å². The summed E-state index contributed by atoms with van der Waals surface area (Å²) in [5.41, 5.74) is 4.57. The predicted molar refractivity (Wildman–Crippen MR) is 123 cm³/mol. The molecule has 0 atom stereocenters. The van der Waals surface area contributed by atoms with E-state index in [0.717, 1.165) is 17.5 Å². The minimum absolute atomic E-state index is 0.0206. The highest BCUT2D eigenvalue weighted by Gasteiger charge is 2.25. The molecule has 156 valence electrons. The number of nitrogens with one attached hydrogen (secondary N) is 1. The van der Waals surface area contributed by atoms with E-state index in [2.05, 4.69) is 5.32 Å². The van der Waals surface area contributed by atoms with Crippen molar-refractivity contribution >= 4 is 29.3 Å². The van der Waals surface area contributed by atoms with Gasteiger partial charge in [-0.2, -0.15) is 0 Å². The molecule has 0 aromatic heterocycles. The highest BCUT2D eigenvalue weighted by atomic mass is 16.5. The summed E-state index contributed by atoms with van der Waals surface area (Å²) in [5, 5.41) is 2.86. The number of rotatable bonds is 6. The Kier molecular flexibility index (Phi) is 6.13. The number of ether oxygens (including phenoxy) is 1. The number of benzene rings is 3. The van der Waals surface area contributed by atoms with E-state index in [1.165, 1.54) is 11.6 Å². The quantitative estimate of drug-likeness (QED) is 0.601. The third-order valence-corrected chi connectivity index (χ3v) is 5.14. The van der Waals surface area contributed by atoms with Crippen LogP contribution in [0.3, 0.4) is 0 Å². The lowest BCUT2D eigenvalue weighted by molar-refractivity contribution is -0.121. The molecule has 0 saturated carbocycles. The van der Waals surface area contributed by atoms with E-state index in [9.17, 15) is 9.59 Å². The number of hydrogen-bond donors (Lipinski definition) is 1. The number of fused-ring (bicyclic) bond motifs is 1. The lowest BCUT2D eigenvalue weighted by Gasteiger charge is -2.30. The maximum Gasteiger partial charge on any atom is 0.265 e. The van der Waals surface area contributed by atoms with Crippen LogP contribution in [0.4, 0.5) is 11.4 Å². The first-order chi connectivity index (χ1) is 15.1. The number of carbonyl (C=O) groups is 2. The van der Waals surface area contributed by atoms with Gasteiger partial charge in [-0.15, -0.1) is 0 Å². The first-order valence-corrected chi connectivity index (χ1v) is 10.3. The van der Waals surface area contributed by atoms with Crippen molar-refractivity contribution in [2.75, 3.05) is 23.4 Å². The summed E-state index contributed by atoms with van der Waals surface area (Å²) in [7, 11) is 0. The van der Waals surface area contributed by atoms with Crippen LogP contribution in [-0.2, 0) is 16.0 Å². The number of anilines is 2. The van der Waals surface area contributed by atoms with Crippen molar-refractivity contribution in [3.63, 3.8) is 0 Å². The van der Waals surface area contributed by atoms with Crippen LogP contribution in [0.2, 0.25) is 0 Å². The number of nitrogens with zero attached hydrogens (tertiary/aromatic N) is 1. The average Bonchev–Trinajstić information content (AvgIpc) is 2.79. The van der Waals surface area contributed by atoms with Gasteiger partial charge in [0.05, 0.1) is 5.69 Å². The molecule has 3 aromatic carbocycles. The minimum Gasteiger partial charge on any atom is -0.482 e. The molecule has 3 aromatic rings. The van der Waals surface area contributed by atoms with Gasteiger partial charge in [0.2, 0.25) is 5.91 Å². The summed E-state index contributed by atoms with van der Waals surface area (Å²) >= 11 is 0. The number of hydrogen-bond acceptors (Lipinski definition) is 3. The van der Waals surface area contributed by atoms with Gasteiger partial charge in [-0.1, -0.05) is 60.2 Å². The van der Waals surface area contributed by atoms with E-state index < -0.39 is 0 Å². The highest BCUT2D eigenvalue weighted by molar-refractivity contribution is 6.03. The normalized spacial score (nSPS) is 13.1. The van der Waals surface area contributed by atoms with Gasteiger partial charge in [0.25, 0.3) is 5.91 Å². The van der Waals surface area contributed by atoms with Crippen molar-refractivity contribution in [3.05, 3.63) is 95.6 Å². The molecule has 0 bridgehead atoms. The SMILES string of the molecule is Cc1ccc(/C=C/C(=O)Nc2ccc3c(c2)N(CCc2ccccc2)C(=O)CO3)cc1. The Balaban J connectivity index is 1.46. The lowest BCUT2D eigenvalue weighted by atomic mass is 10.1. The van der Waals surface area contributed by atoms with E-state index in [4.69, 9.17) is 4.74 Å². The topological polar surface area (TPSA) is 58.6 Å². The molecule has 0 fully saturated rings. The number of carbonyl (C=O) groups excluding carboxylic acids is 2. The second kappa shape index (κ2) is 9.30. The molecule has 2 amide bonds. The van der Waals surface area contributed by atoms with Crippen molar-refractivity contribution in [2.24, 2.45) is 0 Å². The summed E-state index contributed by atoms with van der Waals surface area (Å²) < 4.78 is 5.58. The summed E-state index contributed by atoms with van der Waals surface area (Å²) in [6.45, 7) is 2.59. The van der Waals surface area contributed by atoms with E-state index in [0.29, 0.717) is 23.7 Å². The molecule has 0 unspecified atom stereocenters. The molecule has 0 spiro atoms. The monoisotopic (exact) mass is 412 g/mol. The van der Waals surface area contributed by atoms with Crippen LogP contribution in [0, 0.1) is 6.92 Å². The largest absolute Gasteiger partial charge is 0.482 e. The zero-order chi connectivity index (χ0) is 21.6. The molecule has 1 aliphatic heterocycles. The Morgan fingerprint density at radius 3 is 2.61 bits per heavy atom. The second-order valence-electron chi connectivity index (χ2n) is 7.49. The molecular formula is C26H24N2O3. The second-order valence-corrected chi connectivity index (χ2v) is 7.49. The molecule has 31 heavy (non-hydrogen) atoms. The Bertz CT molecular complexity index is 1110. The molecule has 0 aliphatic carbocycles. The maximum atomic E-state index is 12.5. The predicted octanol–water partition coefficient (Wildman–Crippen LogP) is 4.62. The summed E-state index contributed by atoms with van der Waals surface area (Å²) in [4.78, 5) is 26.6.